The second-order valence-electron chi connectivity index (χ2n) is 6.28. The third kappa shape index (κ3) is 3.70. The molecule has 2 aromatic carbocycles. The zero-order valence-corrected chi connectivity index (χ0v) is 14.3. The summed E-state index contributed by atoms with van der Waals surface area (Å²) in [5, 5.41) is 3.04. The van der Waals surface area contributed by atoms with Crippen LogP contribution in [0.25, 0.3) is 0 Å². The lowest BCUT2D eigenvalue weighted by molar-refractivity contribution is 0.192. The number of hydrogen-bond donors (Lipinski definition) is 1. The Balaban J connectivity index is 1.65. The van der Waals surface area contributed by atoms with E-state index in [-0.39, 0.29) is 12.1 Å². The van der Waals surface area contributed by atoms with Crippen molar-refractivity contribution in [1.82, 2.24) is 10.2 Å². The molecule has 1 saturated heterocycles. The maximum atomic E-state index is 12.6. The second-order valence-corrected chi connectivity index (χ2v) is 6.28. The van der Waals surface area contributed by atoms with Crippen LogP contribution in [0.1, 0.15) is 35.6 Å². The summed E-state index contributed by atoms with van der Waals surface area (Å²) in [4.78, 5) is 14.6. The smallest absolute Gasteiger partial charge is 0.318 e. The van der Waals surface area contributed by atoms with E-state index in [0.717, 1.165) is 30.7 Å². The highest BCUT2D eigenvalue weighted by Crippen LogP contribution is 2.32. The van der Waals surface area contributed by atoms with E-state index in [1.165, 1.54) is 11.1 Å². The standard InChI is InChI=1S/C20H24N2O2/c1-15-6-3-8-17(12-15)19-10-5-11-22(19)20(23)21-14-16-7-4-9-18(13-16)24-2/h3-4,6-9,12-13,19H,5,10-11,14H2,1-2H3,(H,21,23)/t19-/m1/s1. The van der Waals surface area contributed by atoms with E-state index in [1.54, 1.807) is 7.11 Å². The Morgan fingerprint density at radius 2 is 2.08 bits per heavy atom. The van der Waals surface area contributed by atoms with Gasteiger partial charge in [0.25, 0.3) is 0 Å². The van der Waals surface area contributed by atoms with Gasteiger partial charge in [-0.25, -0.2) is 4.79 Å². The summed E-state index contributed by atoms with van der Waals surface area (Å²) in [7, 11) is 1.65. The number of ether oxygens (including phenoxy) is 1. The first-order valence-electron chi connectivity index (χ1n) is 8.41. The molecule has 3 rings (SSSR count). The van der Waals surface area contributed by atoms with Gasteiger partial charge in [-0.05, 0) is 43.0 Å². The van der Waals surface area contributed by atoms with Gasteiger partial charge in [-0.2, -0.15) is 0 Å². The first-order chi connectivity index (χ1) is 11.7. The highest BCUT2D eigenvalue weighted by atomic mass is 16.5. The Bertz CT molecular complexity index is 714. The van der Waals surface area contributed by atoms with Crippen LogP contribution in [0.2, 0.25) is 0 Å². The summed E-state index contributed by atoms with van der Waals surface area (Å²) in [6.07, 6.45) is 2.07. The number of carbonyl (C=O) groups excluding carboxylic acids is 1. The first kappa shape index (κ1) is 16.4. The predicted molar refractivity (Wildman–Crippen MR) is 95.1 cm³/mol. The maximum Gasteiger partial charge on any atom is 0.318 e. The molecule has 4 heteroatoms. The molecule has 1 aliphatic rings. The molecule has 126 valence electrons. The van der Waals surface area contributed by atoms with Crippen molar-refractivity contribution in [3.8, 4) is 5.75 Å². The molecule has 0 unspecified atom stereocenters. The van der Waals surface area contributed by atoms with Crippen LogP contribution in [-0.4, -0.2) is 24.6 Å². The van der Waals surface area contributed by atoms with Gasteiger partial charge >= 0.3 is 6.03 Å². The molecule has 0 aromatic heterocycles. The molecule has 1 heterocycles. The number of likely N-dealkylation sites (tertiary alicyclic amines) is 1. The molecule has 0 bridgehead atoms. The van der Waals surface area contributed by atoms with E-state index in [2.05, 4.69) is 36.5 Å². The van der Waals surface area contributed by atoms with Crippen molar-refractivity contribution < 1.29 is 9.53 Å². The van der Waals surface area contributed by atoms with Crippen LogP contribution in [0.4, 0.5) is 4.79 Å². The number of urea groups is 1. The van der Waals surface area contributed by atoms with E-state index in [4.69, 9.17) is 4.74 Å². The van der Waals surface area contributed by atoms with Crippen LogP contribution in [0.3, 0.4) is 0 Å². The molecule has 24 heavy (non-hydrogen) atoms. The Hall–Kier alpha value is -2.49. The number of methoxy groups -OCH3 is 1. The number of aryl methyl sites for hydroxylation is 1. The number of benzene rings is 2. The van der Waals surface area contributed by atoms with Crippen molar-refractivity contribution in [3.05, 3.63) is 65.2 Å². The van der Waals surface area contributed by atoms with Crippen LogP contribution >= 0.6 is 0 Å². The van der Waals surface area contributed by atoms with Crippen molar-refractivity contribution in [2.45, 2.75) is 32.4 Å². The number of carbonyl (C=O) groups is 1. The number of hydrogen-bond acceptors (Lipinski definition) is 2. The van der Waals surface area contributed by atoms with Gasteiger partial charge in [-0.15, -0.1) is 0 Å². The van der Waals surface area contributed by atoms with Crippen molar-refractivity contribution in [1.29, 1.82) is 0 Å². The molecule has 0 radical (unpaired) electrons. The number of amides is 2. The zero-order chi connectivity index (χ0) is 16.9. The normalized spacial score (nSPS) is 16.9. The lowest BCUT2D eigenvalue weighted by Crippen LogP contribution is -2.39. The summed E-state index contributed by atoms with van der Waals surface area (Å²) in [6, 6.07) is 16.4. The Morgan fingerprint density at radius 3 is 2.88 bits per heavy atom. The lowest BCUT2D eigenvalue weighted by atomic mass is 10.0. The Morgan fingerprint density at radius 1 is 1.25 bits per heavy atom. The first-order valence-corrected chi connectivity index (χ1v) is 8.41. The molecule has 0 aliphatic carbocycles. The summed E-state index contributed by atoms with van der Waals surface area (Å²) >= 11 is 0. The van der Waals surface area contributed by atoms with E-state index >= 15 is 0 Å². The van der Waals surface area contributed by atoms with E-state index < -0.39 is 0 Å². The minimum atomic E-state index is 0.00169. The van der Waals surface area contributed by atoms with E-state index in [9.17, 15) is 4.79 Å². The van der Waals surface area contributed by atoms with E-state index in [1.807, 2.05) is 29.2 Å². The SMILES string of the molecule is COc1cccc(CNC(=O)N2CCC[C@@H]2c2cccc(C)c2)c1. The molecule has 1 aliphatic heterocycles. The number of nitrogens with one attached hydrogen (secondary N) is 1. The zero-order valence-electron chi connectivity index (χ0n) is 14.3. The molecule has 2 aromatic rings. The van der Waals surface area contributed by atoms with Crippen LogP contribution in [0, 0.1) is 6.92 Å². The third-order valence-corrected chi connectivity index (χ3v) is 4.52. The Kier molecular flexibility index (Phi) is 5.04. The van der Waals surface area contributed by atoms with Gasteiger partial charge in [-0.3, -0.25) is 0 Å². The molecular formula is C20H24N2O2. The van der Waals surface area contributed by atoms with Crippen molar-refractivity contribution in [2.24, 2.45) is 0 Å². The molecule has 0 spiro atoms. The fourth-order valence-corrected chi connectivity index (χ4v) is 3.30. The number of nitrogens with zero attached hydrogens (tertiary/aromatic N) is 1. The largest absolute Gasteiger partial charge is 0.497 e. The summed E-state index contributed by atoms with van der Waals surface area (Å²) in [6.45, 7) is 3.40. The van der Waals surface area contributed by atoms with Crippen LogP contribution in [0.15, 0.2) is 48.5 Å². The van der Waals surface area contributed by atoms with Crippen LogP contribution in [-0.2, 0) is 6.54 Å². The molecule has 2 amide bonds. The van der Waals surface area contributed by atoms with Crippen LogP contribution in [0.5, 0.6) is 5.75 Å². The van der Waals surface area contributed by atoms with Gasteiger partial charge in [0.05, 0.1) is 13.2 Å². The lowest BCUT2D eigenvalue weighted by Gasteiger charge is -2.25. The topological polar surface area (TPSA) is 41.6 Å². The maximum absolute atomic E-state index is 12.6. The molecule has 1 fully saturated rings. The minimum Gasteiger partial charge on any atom is -0.497 e. The fourth-order valence-electron chi connectivity index (χ4n) is 3.30. The van der Waals surface area contributed by atoms with Gasteiger partial charge in [0.1, 0.15) is 5.75 Å². The molecule has 4 nitrogen and oxygen atoms in total. The molecule has 0 saturated carbocycles. The third-order valence-electron chi connectivity index (χ3n) is 4.52. The van der Waals surface area contributed by atoms with Gasteiger partial charge in [0.2, 0.25) is 0 Å². The molecular weight excluding hydrogens is 300 g/mol. The molecule has 1 N–H and O–H groups in total. The quantitative estimate of drug-likeness (QED) is 0.922. The van der Waals surface area contributed by atoms with Crippen molar-refractivity contribution >= 4 is 6.03 Å². The predicted octanol–water partition coefficient (Wildman–Crippen LogP) is 4.05. The van der Waals surface area contributed by atoms with Gasteiger partial charge in [-0.1, -0.05) is 42.0 Å². The summed E-state index contributed by atoms with van der Waals surface area (Å²) in [5.74, 6) is 0.806. The number of rotatable bonds is 4. The van der Waals surface area contributed by atoms with Gasteiger partial charge < -0.3 is 15.0 Å². The monoisotopic (exact) mass is 324 g/mol. The van der Waals surface area contributed by atoms with Crippen molar-refractivity contribution in [2.75, 3.05) is 13.7 Å². The average Bonchev–Trinajstić information content (AvgIpc) is 3.10. The van der Waals surface area contributed by atoms with Crippen LogP contribution < -0.4 is 10.1 Å². The van der Waals surface area contributed by atoms with Gasteiger partial charge in [0.15, 0.2) is 0 Å². The van der Waals surface area contributed by atoms with E-state index in [0.29, 0.717) is 6.54 Å². The summed E-state index contributed by atoms with van der Waals surface area (Å²) in [5.41, 5.74) is 3.49. The van der Waals surface area contributed by atoms with Gasteiger partial charge in [0, 0.05) is 13.1 Å². The molecule has 1 atom stereocenters. The highest BCUT2D eigenvalue weighted by Gasteiger charge is 2.29. The Labute approximate surface area is 143 Å². The average molecular weight is 324 g/mol. The van der Waals surface area contributed by atoms with Crippen molar-refractivity contribution in [3.63, 3.8) is 0 Å². The second kappa shape index (κ2) is 7.39. The fraction of sp³-hybridized carbons (Fsp3) is 0.350. The highest BCUT2D eigenvalue weighted by molar-refractivity contribution is 5.75. The minimum absolute atomic E-state index is 0.00169. The summed E-state index contributed by atoms with van der Waals surface area (Å²) < 4.78 is 5.22.